The minimum atomic E-state index is -0.00774. The number of nitrogens with zero attached hydrogens (tertiary/aromatic N) is 2. The number of aliphatic hydroxyl groups is 2. The van der Waals surface area contributed by atoms with E-state index >= 15 is 0 Å². The molecule has 2 atom stereocenters. The lowest BCUT2D eigenvalue weighted by molar-refractivity contribution is 0.243. The normalized spacial score (nSPS) is 25.1. The molecular formula is C12H18N2O2. The Labute approximate surface area is 95.5 Å². The van der Waals surface area contributed by atoms with Gasteiger partial charge in [0.15, 0.2) is 0 Å². The maximum atomic E-state index is 9.40. The predicted octanol–water partition coefficient (Wildman–Crippen LogP) is 0.781. The minimum Gasteiger partial charge on any atom is -0.394 e. The Morgan fingerprint density at radius 2 is 2.31 bits per heavy atom. The van der Waals surface area contributed by atoms with Gasteiger partial charge in [-0.3, -0.25) is 0 Å². The number of hydrogen-bond acceptors (Lipinski definition) is 4. The van der Waals surface area contributed by atoms with E-state index in [2.05, 4.69) is 16.8 Å². The first-order chi connectivity index (χ1) is 7.77. The molecule has 0 aromatic carbocycles. The van der Waals surface area contributed by atoms with Crippen molar-refractivity contribution in [1.29, 1.82) is 0 Å². The lowest BCUT2D eigenvalue weighted by Gasteiger charge is -2.27. The molecule has 4 nitrogen and oxygen atoms in total. The molecule has 0 saturated carbocycles. The Kier molecular flexibility index (Phi) is 3.41. The smallest absolute Gasteiger partial charge is 0.134 e. The van der Waals surface area contributed by atoms with Gasteiger partial charge in [-0.15, -0.1) is 0 Å². The van der Waals surface area contributed by atoms with E-state index in [1.807, 2.05) is 12.1 Å². The molecule has 4 heteroatoms. The number of aromatic nitrogens is 1. The Morgan fingerprint density at radius 3 is 3.00 bits per heavy atom. The first kappa shape index (κ1) is 11.4. The summed E-state index contributed by atoms with van der Waals surface area (Å²) >= 11 is 0. The van der Waals surface area contributed by atoms with Crippen molar-refractivity contribution in [3.63, 3.8) is 0 Å². The van der Waals surface area contributed by atoms with Gasteiger partial charge < -0.3 is 15.1 Å². The minimum absolute atomic E-state index is 0.00774. The van der Waals surface area contributed by atoms with Crippen LogP contribution >= 0.6 is 0 Å². The van der Waals surface area contributed by atoms with Crippen LogP contribution in [0.2, 0.25) is 0 Å². The monoisotopic (exact) mass is 222 g/mol. The summed E-state index contributed by atoms with van der Waals surface area (Å²) in [6.07, 6.45) is 2.79. The maximum Gasteiger partial charge on any atom is 0.134 e. The molecule has 0 bridgehead atoms. The van der Waals surface area contributed by atoms with Crippen molar-refractivity contribution in [1.82, 2.24) is 4.98 Å². The molecule has 1 saturated heterocycles. The summed E-state index contributed by atoms with van der Waals surface area (Å²) in [7, 11) is 0. The van der Waals surface area contributed by atoms with Gasteiger partial charge in [0.25, 0.3) is 0 Å². The molecule has 1 aliphatic heterocycles. The number of rotatable bonds is 3. The average molecular weight is 222 g/mol. The van der Waals surface area contributed by atoms with Gasteiger partial charge in [0.05, 0.1) is 19.3 Å². The van der Waals surface area contributed by atoms with Crippen LogP contribution in [0.15, 0.2) is 18.3 Å². The van der Waals surface area contributed by atoms with E-state index in [0.717, 1.165) is 24.3 Å². The molecule has 2 heterocycles. The van der Waals surface area contributed by atoms with Crippen molar-refractivity contribution in [2.45, 2.75) is 26.0 Å². The Hall–Kier alpha value is -1.13. The van der Waals surface area contributed by atoms with Crippen LogP contribution < -0.4 is 4.90 Å². The van der Waals surface area contributed by atoms with E-state index in [0.29, 0.717) is 5.92 Å². The van der Waals surface area contributed by atoms with E-state index in [-0.39, 0.29) is 19.3 Å². The first-order valence-corrected chi connectivity index (χ1v) is 5.70. The fraction of sp³-hybridized carbons (Fsp3) is 0.583. The molecule has 2 unspecified atom stereocenters. The first-order valence-electron chi connectivity index (χ1n) is 5.70. The SMILES string of the molecule is CC1CCN(c2ncccc2CO)C1CO. The molecule has 2 rings (SSSR count). The van der Waals surface area contributed by atoms with Crippen LogP contribution in [-0.4, -0.2) is 34.4 Å². The van der Waals surface area contributed by atoms with Gasteiger partial charge >= 0.3 is 0 Å². The van der Waals surface area contributed by atoms with Crippen molar-refractivity contribution in [3.8, 4) is 0 Å². The van der Waals surface area contributed by atoms with Gasteiger partial charge in [-0.2, -0.15) is 0 Å². The van der Waals surface area contributed by atoms with Gasteiger partial charge in [-0.25, -0.2) is 4.98 Å². The zero-order chi connectivity index (χ0) is 11.5. The summed E-state index contributed by atoms with van der Waals surface area (Å²) in [5.41, 5.74) is 0.829. The maximum absolute atomic E-state index is 9.40. The molecule has 1 aromatic rings. The van der Waals surface area contributed by atoms with E-state index < -0.39 is 0 Å². The van der Waals surface area contributed by atoms with Gasteiger partial charge in [0.1, 0.15) is 5.82 Å². The Morgan fingerprint density at radius 1 is 1.50 bits per heavy atom. The van der Waals surface area contributed by atoms with Gasteiger partial charge in [0.2, 0.25) is 0 Å². The fourth-order valence-electron chi connectivity index (χ4n) is 2.36. The highest BCUT2D eigenvalue weighted by Gasteiger charge is 2.32. The summed E-state index contributed by atoms with van der Waals surface area (Å²) in [5.74, 6) is 1.28. The van der Waals surface area contributed by atoms with Gasteiger partial charge in [-0.1, -0.05) is 13.0 Å². The zero-order valence-electron chi connectivity index (χ0n) is 9.50. The third kappa shape index (κ3) is 1.90. The van der Waals surface area contributed by atoms with Crippen LogP contribution in [0.1, 0.15) is 18.9 Å². The van der Waals surface area contributed by atoms with Crippen molar-refractivity contribution in [2.24, 2.45) is 5.92 Å². The molecule has 1 fully saturated rings. The Bertz CT molecular complexity index is 357. The second-order valence-corrected chi connectivity index (χ2v) is 4.35. The lowest BCUT2D eigenvalue weighted by Crippen LogP contribution is -2.36. The average Bonchev–Trinajstić information content (AvgIpc) is 2.70. The summed E-state index contributed by atoms with van der Waals surface area (Å²) < 4.78 is 0. The third-order valence-corrected chi connectivity index (χ3v) is 3.38. The molecule has 1 aliphatic rings. The predicted molar refractivity (Wildman–Crippen MR) is 62.2 cm³/mol. The standard InChI is InChI=1S/C12H18N2O2/c1-9-4-6-14(11(9)8-16)12-10(7-15)3-2-5-13-12/h2-3,5,9,11,15-16H,4,6-8H2,1H3. The Balaban J connectivity index is 2.29. The molecule has 16 heavy (non-hydrogen) atoms. The van der Waals surface area contributed by atoms with Crippen LogP contribution in [0.3, 0.4) is 0 Å². The van der Waals surface area contributed by atoms with Crippen LogP contribution in [-0.2, 0) is 6.61 Å². The summed E-state index contributed by atoms with van der Waals surface area (Å²) in [5, 5.41) is 18.7. The number of hydrogen-bond donors (Lipinski definition) is 2. The molecule has 0 amide bonds. The van der Waals surface area contributed by atoms with Crippen LogP contribution in [0.5, 0.6) is 0 Å². The second-order valence-electron chi connectivity index (χ2n) is 4.35. The van der Waals surface area contributed by atoms with Gasteiger partial charge in [-0.05, 0) is 18.4 Å². The van der Waals surface area contributed by atoms with Gasteiger partial charge in [0, 0.05) is 18.3 Å². The van der Waals surface area contributed by atoms with Crippen molar-refractivity contribution in [3.05, 3.63) is 23.9 Å². The molecule has 0 radical (unpaired) electrons. The van der Waals surface area contributed by atoms with Crippen LogP contribution in [0.4, 0.5) is 5.82 Å². The highest BCUT2D eigenvalue weighted by atomic mass is 16.3. The van der Waals surface area contributed by atoms with E-state index in [4.69, 9.17) is 0 Å². The van der Waals surface area contributed by atoms with Crippen LogP contribution in [0, 0.1) is 5.92 Å². The molecule has 0 spiro atoms. The highest BCUT2D eigenvalue weighted by molar-refractivity contribution is 5.48. The fourth-order valence-corrected chi connectivity index (χ4v) is 2.36. The number of pyridine rings is 1. The molecule has 1 aromatic heterocycles. The number of aliphatic hydroxyl groups excluding tert-OH is 2. The summed E-state index contributed by atoms with van der Waals surface area (Å²) in [6, 6.07) is 3.82. The van der Waals surface area contributed by atoms with E-state index in [9.17, 15) is 10.2 Å². The summed E-state index contributed by atoms with van der Waals surface area (Å²) in [4.78, 5) is 6.43. The van der Waals surface area contributed by atoms with E-state index in [1.165, 1.54) is 0 Å². The molecule has 0 aliphatic carbocycles. The number of anilines is 1. The lowest BCUT2D eigenvalue weighted by atomic mass is 10.0. The molecule has 2 N–H and O–H groups in total. The third-order valence-electron chi connectivity index (χ3n) is 3.38. The van der Waals surface area contributed by atoms with Crippen LogP contribution in [0.25, 0.3) is 0 Å². The van der Waals surface area contributed by atoms with Crippen molar-refractivity contribution < 1.29 is 10.2 Å². The largest absolute Gasteiger partial charge is 0.394 e. The molecule has 88 valence electrons. The van der Waals surface area contributed by atoms with Crippen molar-refractivity contribution >= 4 is 5.82 Å². The second kappa shape index (κ2) is 4.80. The highest BCUT2D eigenvalue weighted by Crippen LogP contribution is 2.30. The quantitative estimate of drug-likeness (QED) is 0.793. The topological polar surface area (TPSA) is 56.6 Å². The van der Waals surface area contributed by atoms with Crippen molar-refractivity contribution in [2.75, 3.05) is 18.1 Å². The molecular weight excluding hydrogens is 204 g/mol. The summed E-state index contributed by atoms with van der Waals surface area (Å²) in [6.45, 7) is 3.17. The van der Waals surface area contributed by atoms with E-state index in [1.54, 1.807) is 6.20 Å². The zero-order valence-corrected chi connectivity index (χ0v) is 9.50.